The van der Waals surface area contributed by atoms with Crippen molar-refractivity contribution in [1.29, 1.82) is 0 Å². The first-order valence-electron chi connectivity index (χ1n) is 6.21. The molecule has 0 saturated carbocycles. The molecule has 0 spiro atoms. The van der Waals surface area contributed by atoms with Crippen LogP contribution in [0.5, 0.6) is 0 Å². The molecule has 1 aliphatic carbocycles. The van der Waals surface area contributed by atoms with Gasteiger partial charge in [0.2, 0.25) is 0 Å². The minimum atomic E-state index is 0.410. The van der Waals surface area contributed by atoms with Gasteiger partial charge < -0.3 is 4.42 Å². The second kappa shape index (κ2) is 4.52. The molecular formula is C15H20O2. The Bertz CT molecular complexity index is 438. The Balaban J connectivity index is 2.03. The molecule has 92 valence electrons. The van der Waals surface area contributed by atoms with Crippen LogP contribution in [0.2, 0.25) is 0 Å². The predicted molar refractivity (Wildman–Crippen MR) is 68.1 cm³/mol. The van der Waals surface area contributed by atoms with Gasteiger partial charge in [-0.2, -0.15) is 0 Å². The smallest absolute Gasteiger partial charge is 0.153 e. The maximum Gasteiger partial charge on any atom is 0.153 e. The van der Waals surface area contributed by atoms with E-state index in [0.717, 1.165) is 18.3 Å². The Kier molecular flexibility index (Phi) is 3.23. The third kappa shape index (κ3) is 2.68. The first kappa shape index (κ1) is 12.2. The van der Waals surface area contributed by atoms with Crippen LogP contribution in [-0.4, -0.2) is 6.29 Å². The number of allylic oxidation sites excluding steroid dienone is 2. The highest BCUT2D eigenvalue weighted by Gasteiger charge is 2.27. The van der Waals surface area contributed by atoms with E-state index in [1.807, 2.05) is 0 Å². The summed E-state index contributed by atoms with van der Waals surface area (Å²) in [7, 11) is 0. The van der Waals surface area contributed by atoms with Crippen LogP contribution in [0.15, 0.2) is 28.6 Å². The second-order valence-corrected chi connectivity index (χ2v) is 5.90. The lowest BCUT2D eigenvalue weighted by Crippen LogP contribution is -2.09. The van der Waals surface area contributed by atoms with Crippen LogP contribution in [0.25, 0.3) is 0 Å². The summed E-state index contributed by atoms with van der Waals surface area (Å²) in [6.45, 7) is 6.84. The summed E-state index contributed by atoms with van der Waals surface area (Å²) in [4.78, 5) is 10.8. The molecule has 1 aliphatic rings. The van der Waals surface area contributed by atoms with E-state index >= 15 is 0 Å². The molecule has 1 atom stereocenters. The molecule has 1 unspecified atom stereocenters. The summed E-state index contributed by atoms with van der Waals surface area (Å²) in [5.41, 5.74) is 3.65. The summed E-state index contributed by atoms with van der Waals surface area (Å²) in [5, 5.41) is 0. The molecule has 0 aliphatic heterocycles. The average Bonchev–Trinajstić information content (AvgIpc) is 2.84. The van der Waals surface area contributed by atoms with E-state index in [0.29, 0.717) is 16.9 Å². The standard InChI is InChI=1S/C15H20O2/c1-11(12-4-5-15(2,3)7-12)6-13-9-17-10-14(13)8-16/h4,8-11H,5-7H2,1-3H3. The number of furan rings is 1. The van der Waals surface area contributed by atoms with Crippen LogP contribution >= 0.6 is 0 Å². The van der Waals surface area contributed by atoms with Gasteiger partial charge in [-0.15, -0.1) is 0 Å². The Morgan fingerprint density at radius 3 is 2.82 bits per heavy atom. The van der Waals surface area contributed by atoms with Crippen LogP contribution in [0.1, 0.15) is 49.5 Å². The van der Waals surface area contributed by atoms with Crippen molar-refractivity contribution in [2.75, 3.05) is 0 Å². The van der Waals surface area contributed by atoms with E-state index in [9.17, 15) is 4.79 Å². The van der Waals surface area contributed by atoms with E-state index in [1.54, 1.807) is 6.26 Å². The lowest BCUT2D eigenvalue weighted by molar-refractivity contribution is 0.112. The molecule has 2 heteroatoms. The fourth-order valence-electron chi connectivity index (χ4n) is 2.54. The number of carbonyl (C=O) groups is 1. The Morgan fingerprint density at radius 2 is 2.24 bits per heavy atom. The minimum Gasteiger partial charge on any atom is -0.472 e. The number of hydrogen-bond acceptors (Lipinski definition) is 2. The number of aldehydes is 1. The van der Waals surface area contributed by atoms with Crippen LogP contribution in [0.4, 0.5) is 0 Å². The largest absolute Gasteiger partial charge is 0.472 e. The molecule has 1 aromatic rings. The number of rotatable bonds is 4. The highest BCUT2D eigenvalue weighted by molar-refractivity contribution is 5.76. The zero-order chi connectivity index (χ0) is 12.5. The van der Waals surface area contributed by atoms with Crippen molar-refractivity contribution < 1.29 is 9.21 Å². The quantitative estimate of drug-likeness (QED) is 0.580. The van der Waals surface area contributed by atoms with Gasteiger partial charge in [0.25, 0.3) is 0 Å². The van der Waals surface area contributed by atoms with Crippen molar-refractivity contribution in [2.24, 2.45) is 11.3 Å². The highest BCUT2D eigenvalue weighted by Crippen LogP contribution is 2.40. The van der Waals surface area contributed by atoms with Crippen molar-refractivity contribution in [1.82, 2.24) is 0 Å². The van der Waals surface area contributed by atoms with Gasteiger partial charge in [-0.3, -0.25) is 4.79 Å². The van der Waals surface area contributed by atoms with Crippen LogP contribution in [0, 0.1) is 11.3 Å². The summed E-state index contributed by atoms with van der Waals surface area (Å²) in [6, 6.07) is 0. The van der Waals surface area contributed by atoms with Gasteiger partial charge in [0.1, 0.15) is 6.26 Å². The second-order valence-electron chi connectivity index (χ2n) is 5.90. The maximum absolute atomic E-state index is 10.8. The van der Waals surface area contributed by atoms with Gasteiger partial charge >= 0.3 is 0 Å². The molecular weight excluding hydrogens is 212 g/mol. The van der Waals surface area contributed by atoms with Crippen molar-refractivity contribution in [3.05, 3.63) is 35.3 Å². The lowest BCUT2D eigenvalue weighted by Gasteiger charge is -2.19. The summed E-state index contributed by atoms with van der Waals surface area (Å²) in [5.74, 6) is 0.494. The first-order chi connectivity index (χ1) is 8.02. The normalized spacial score (nSPS) is 20.1. The van der Waals surface area contributed by atoms with E-state index < -0.39 is 0 Å². The molecule has 0 fully saturated rings. The van der Waals surface area contributed by atoms with Gasteiger partial charge in [0.05, 0.1) is 11.8 Å². The molecule has 0 saturated heterocycles. The van der Waals surface area contributed by atoms with Gasteiger partial charge in [0.15, 0.2) is 6.29 Å². The zero-order valence-electron chi connectivity index (χ0n) is 10.8. The molecule has 1 heterocycles. The molecule has 0 amide bonds. The maximum atomic E-state index is 10.8. The summed E-state index contributed by atoms with van der Waals surface area (Å²) < 4.78 is 5.09. The first-order valence-corrected chi connectivity index (χ1v) is 6.21. The molecule has 0 aromatic carbocycles. The molecule has 0 N–H and O–H groups in total. The van der Waals surface area contributed by atoms with Crippen molar-refractivity contribution >= 4 is 6.29 Å². The SMILES string of the molecule is CC(Cc1cocc1C=O)C1=CCC(C)(C)C1. The van der Waals surface area contributed by atoms with Crippen molar-refractivity contribution in [3.63, 3.8) is 0 Å². The van der Waals surface area contributed by atoms with Gasteiger partial charge in [-0.05, 0) is 30.6 Å². The number of carbonyl (C=O) groups excluding carboxylic acids is 1. The molecule has 0 bridgehead atoms. The Labute approximate surface area is 103 Å². The van der Waals surface area contributed by atoms with Gasteiger partial charge in [-0.25, -0.2) is 0 Å². The Hall–Kier alpha value is -1.31. The van der Waals surface area contributed by atoms with Crippen LogP contribution < -0.4 is 0 Å². The third-order valence-corrected chi connectivity index (χ3v) is 3.66. The molecule has 17 heavy (non-hydrogen) atoms. The fraction of sp³-hybridized carbons (Fsp3) is 0.533. The van der Waals surface area contributed by atoms with E-state index in [1.165, 1.54) is 24.7 Å². The fourth-order valence-corrected chi connectivity index (χ4v) is 2.54. The molecule has 0 radical (unpaired) electrons. The summed E-state index contributed by atoms with van der Waals surface area (Å²) in [6.07, 6.45) is 9.69. The Morgan fingerprint density at radius 1 is 1.47 bits per heavy atom. The molecule has 2 nitrogen and oxygen atoms in total. The van der Waals surface area contributed by atoms with Crippen molar-refractivity contribution in [2.45, 2.75) is 40.0 Å². The van der Waals surface area contributed by atoms with Crippen LogP contribution in [0.3, 0.4) is 0 Å². The van der Waals surface area contributed by atoms with Gasteiger partial charge in [0, 0.05) is 5.56 Å². The van der Waals surface area contributed by atoms with E-state index in [2.05, 4.69) is 26.8 Å². The van der Waals surface area contributed by atoms with E-state index in [-0.39, 0.29) is 0 Å². The van der Waals surface area contributed by atoms with Gasteiger partial charge in [-0.1, -0.05) is 32.4 Å². The summed E-state index contributed by atoms with van der Waals surface area (Å²) >= 11 is 0. The minimum absolute atomic E-state index is 0.410. The zero-order valence-corrected chi connectivity index (χ0v) is 10.8. The average molecular weight is 232 g/mol. The van der Waals surface area contributed by atoms with Crippen LogP contribution in [-0.2, 0) is 6.42 Å². The lowest BCUT2D eigenvalue weighted by atomic mass is 9.85. The van der Waals surface area contributed by atoms with Crippen molar-refractivity contribution in [3.8, 4) is 0 Å². The van der Waals surface area contributed by atoms with E-state index in [4.69, 9.17) is 4.42 Å². The third-order valence-electron chi connectivity index (χ3n) is 3.66. The topological polar surface area (TPSA) is 30.2 Å². The predicted octanol–water partition coefficient (Wildman–Crippen LogP) is 4.02. The molecule has 1 aromatic heterocycles. The highest BCUT2D eigenvalue weighted by atomic mass is 16.3. The number of hydrogen-bond donors (Lipinski definition) is 0. The monoisotopic (exact) mass is 232 g/mol. The molecule has 2 rings (SSSR count).